The minimum absolute atomic E-state index is 0.370. The van der Waals surface area contributed by atoms with Gasteiger partial charge in [-0.1, -0.05) is 11.6 Å². The van der Waals surface area contributed by atoms with Gasteiger partial charge in [-0.2, -0.15) is 0 Å². The lowest BCUT2D eigenvalue weighted by molar-refractivity contribution is 0.921. The van der Waals surface area contributed by atoms with E-state index < -0.39 is 0 Å². The lowest BCUT2D eigenvalue weighted by atomic mass is 10.2. The Kier molecular flexibility index (Phi) is 2.44. The molecule has 5 heteroatoms. The van der Waals surface area contributed by atoms with Crippen LogP contribution < -0.4 is 0 Å². The fourth-order valence-corrected chi connectivity index (χ4v) is 1.40. The van der Waals surface area contributed by atoms with Crippen LogP contribution in [0.4, 0.5) is 0 Å². The van der Waals surface area contributed by atoms with Crippen molar-refractivity contribution in [3.8, 4) is 11.4 Å². The summed E-state index contributed by atoms with van der Waals surface area (Å²) in [5, 5.41) is 8.78. The van der Waals surface area contributed by atoms with E-state index in [1.54, 1.807) is 16.7 Å². The standard InChI is InChI=1S/C9H7Cl2N3/c1-14-8(12-13-9(14)11)6-2-4-7(10)5-3-6/h2-5H,1H3. The van der Waals surface area contributed by atoms with Gasteiger partial charge in [0.25, 0.3) is 0 Å². The maximum absolute atomic E-state index is 5.78. The second-order valence-corrected chi connectivity index (χ2v) is 3.63. The first-order valence-corrected chi connectivity index (χ1v) is 4.75. The molecular weight excluding hydrogens is 221 g/mol. The minimum atomic E-state index is 0.370. The van der Waals surface area contributed by atoms with E-state index in [-0.39, 0.29) is 0 Å². The molecule has 0 amide bonds. The molecule has 0 aliphatic heterocycles. The van der Waals surface area contributed by atoms with E-state index in [4.69, 9.17) is 23.2 Å². The quantitative estimate of drug-likeness (QED) is 0.751. The normalized spacial score (nSPS) is 10.5. The summed E-state index contributed by atoms with van der Waals surface area (Å²) in [4.78, 5) is 0. The van der Waals surface area contributed by atoms with Crippen molar-refractivity contribution >= 4 is 23.2 Å². The summed E-state index contributed by atoms with van der Waals surface area (Å²) < 4.78 is 1.71. The van der Waals surface area contributed by atoms with Gasteiger partial charge in [0.15, 0.2) is 5.82 Å². The Morgan fingerprint density at radius 2 is 1.71 bits per heavy atom. The molecule has 0 saturated heterocycles. The molecular formula is C9H7Cl2N3. The molecule has 0 atom stereocenters. The van der Waals surface area contributed by atoms with E-state index in [1.807, 2.05) is 19.2 Å². The fourth-order valence-electron chi connectivity index (χ4n) is 1.16. The highest BCUT2D eigenvalue weighted by molar-refractivity contribution is 6.30. The molecule has 1 aromatic carbocycles. The summed E-state index contributed by atoms with van der Waals surface area (Å²) in [6.07, 6.45) is 0. The van der Waals surface area contributed by atoms with E-state index in [9.17, 15) is 0 Å². The first-order chi connectivity index (χ1) is 6.68. The Morgan fingerprint density at radius 3 is 2.21 bits per heavy atom. The summed E-state index contributed by atoms with van der Waals surface area (Å²) in [6, 6.07) is 7.37. The van der Waals surface area contributed by atoms with Gasteiger partial charge in [0.2, 0.25) is 5.28 Å². The van der Waals surface area contributed by atoms with Crippen molar-refractivity contribution in [2.75, 3.05) is 0 Å². The highest BCUT2D eigenvalue weighted by Crippen LogP contribution is 2.20. The van der Waals surface area contributed by atoms with Crippen molar-refractivity contribution in [3.05, 3.63) is 34.6 Å². The largest absolute Gasteiger partial charge is 0.301 e. The Hall–Kier alpha value is -1.06. The van der Waals surface area contributed by atoms with Crippen molar-refractivity contribution < 1.29 is 0 Å². The third-order valence-corrected chi connectivity index (χ3v) is 2.51. The summed E-state index contributed by atoms with van der Waals surface area (Å²) in [7, 11) is 1.81. The Labute approximate surface area is 91.3 Å². The molecule has 0 radical (unpaired) electrons. The third kappa shape index (κ3) is 1.61. The van der Waals surface area contributed by atoms with Crippen molar-refractivity contribution in [3.63, 3.8) is 0 Å². The van der Waals surface area contributed by atoms with Crippen LogP contribution in [0.1, 0.15) is 0 Å². The summed E-state index contributed by atoms with van der Waals surface area (Å²) in [5.41, 5.74) is 0.941. The van der Waals surface area contributed by atoms with Crippen molar-refractivity contribution in [2.45, 2.75) is 0 Å². The molecule has 0 spiro atoms. The van der Waals surface area contributed by atoms with Gasteiger partial charge in [-0.25, -0.2) is 0 Å². The van der Waals surface area contributed by atoms with Crippen LogP contribution in [0.5, 0.6) is 0 Å². The van der Waals surface area contributed by atoms with Crippen LogP contribution in [0.25, 0.3) is 11.4 Å². The molecule has 0 saturated carbocycles. The molecule has 2 aromatic rings. The van der Waals surface area contributed by atoms with E-state index in [0.717, 1.165) is 11.4 Å². The van der Waals surface area contributed by atoms with Crippen LogP contribution in [-0.4, -0.2) is 14.8 Å². The summed E-state index contributed by atoms with van der Waals surface area (Å²) >= 11 is 11.5. The SMILES string of the molecule is Cn1c(Cl)nnc1-c1ccc(Cl)cc1. The fraction of sp³-hybridized carbons (Fsp3) is 0.111. The molecule has 0 bridgehead atoms. The zero-order valence-corrected chi connectivity index (χ0v) is 8.92. The molecule has 2 rings (SSSR count). The van der Waals surface area contributed by atoms with Gasteiger partial charge < -0.3 is 4.57 Å². The number of halogens is 2. The van der Waals surface area contributed by atoms with Gasteiger partial charge in [-0.05, 0) is 35.9 Å². The number of nitrogens with zero attached hydrogens (tertiary/aromatic N) is 3. The van der Waals surface area contributed by atoms with Crippen molar-refractivity contribution in [2.24, 2.45) is 7.05 Å². The summed E-state index contributed by atoms with van der Waals surface area (Å²) in [6.45, 7) is 0. The number of rotatable bonds is 1. The van der Waals surface area contributed by atoms with Gasteiger partial charge in [-0.15, -0.1) is 10.2 Å². The monoisotopic (exact) mass is 227 g/mol. The maximum atomic E-state index is 5.78. The van der Waals surface area contributed by atoms with Gasteiger partial charge in [0, 0.05) is 17.6 Å². The maximum Gasteiger partial charge on any atom is 0.225 e. The van der Waals surface area contributed by atoms with Gasteiger partial charge in [0.05, 0.1) is 0 Å². The molecule has 72 valence electrons. The molecule has 0 fully saturated rings. The molecule has 0 aliphatic carbocycles. The third-order valence-electron chi connectivity index (χ3n) is 1.92. The van der Waals surface area contributed by atoms with E-state index in [1.165, 1.54) is 0 Å². The average molecular weight is 228 g/mol. The number of benzene rings is 1. The van der Waals surface area contributed by atoms with Crippen LogP contribution in [0.3, 0.4) is 0 Å². The highest BCUT2D eigenvalue weighted by Gasteiger charge is 2.07. The Morgan fingerprint density at radius 1 is 1.07 bits per heavy atom. The van der Waals surface area contributed by atoms with E-state index in [2.05, 4.69) is 10.2 Å². The van der Waals surface area contributed by atoms with Crippen molar-refractivity contribution in [1.29, 1.82) is 0 Å². The molecule has 0 aliphatic rings. The zero-order chi connectivity index (χ0) is 10.1. The van der Waals surface area contributed by atoms with Gasteiger partial charge in [0.1, 0.15) is 0 Å². The van der Waals surface area contributed by atoms with Crippen molar-refractivity contribution in [1.82, 2.24) is 14.8 Å². The first-order valence-electron chi connectivity index (χ1n) is 3.99. The lowest BCUT2D eigenvalue weighted by Gasteiger charge is -2.00. The van der Waals surface area contributed by atoms with E-state index >= 15 is 0 Å². The lowest BCUT2D eigenvalue weighted by Crippen LogP contribution is -1.92. The Bertz CT molecular complexity index is 448. The van der Waals surface area contributed by atoms with Crippen LogP contribution in [0.15, 0.2) is 24.3 Å². The number of hydrogen-bond donors (Lipinski definition) is 0. The van der Waals surface area contributed by atoms with Crippen LogP contribution in [-0.2, 0) is 7.05 Å². The number of aromatic nitrogens is 3. The number of hydrogen-bond acceptors (Lipinski definition) is 2. The van der Waals surface area contributed by atoms with Gasteiger partial charge >= 0.3 is 0 Å². The van der Waals surface area contributed by atoms with E-state index in [0.29, 0.717) is 10.3 Å². The smallest absolute Gasteiger partial charge is 0.225 e. The minimum Gasteiger partial charge on any atom is -0.301 e. The predicted molar refractivity (Wildman–Crippen MR) is 56.5 cm³/mol. The van der Waals surface area contributed by atoms with Crippen LogP contribution in [0.2, 0.25) is 10.3 Å². The molecule has 3 nitrogen and oxygen atoms in total. The zero-order valence-electron chi connectivity index (χ0n) is 7.41. The van der Waals surface area contributed by atoms with Crippen LogP contribution in [0, 0.1) is 0 Å². The summed E-state index contributed by atoms with van der Waals surface area (Å²) in [5.74, 6) is 0.728. The predicted octanol–water partition coefficient (Wildman–Crippen LogP) is 2.79. The second kappa shape index (κ2) is 3.59. The molecule has 0 unspecified atom stereocenters. The van der Waals surface area contributed by atoms with Gasteiger partial charge in [-0.3, -0.25) is 0 Å². The first kappa shape index (κ1) is 9.49. The molecule has 1 aromatic heterocycles. The second-order valence-electron chi connectivity index (χ2n) is 2.86. The highest BCUT2D eigenvalue weighted by atomic mass is 35.5. The molecule has 1 heterocycles. The molecule has 0 N–H and O–H groups in total. The average Bonchev–Trinajstić information content (AvgIpc) is 2.50. The molecule has 14 heavy (non-hydrogen) atoms. The Balaban J connectivity index is 2.49. The topological polar surface area (TPSA) is 30.7 Å². The van der Waals surface area contributed by atoms with Crippen LogP contribution >= 0.6 is 23.2 Å².